The Morgan fingerprint density at radius 3 is 2.18 bits per heavy atom. The molecule has 6 heteroatoms. The monoisotopic (exact) mass is 497 g/mol. The van der Waals surface area contributed by atoms with Crippen molar-refractivity contribution in [3.63, 3.8) is 0 Å². The second-order valence-electron chi connectivity index (χ2n) is 7.80. The Morgan fingerprint density at radius 2 is 1.42 bits per heavy atom. The number of rotatable bonds is 4. The smallest absolute Gasteiger partial charge is 0.231 e. The normalized spacial score (nSPS) is 16.8. The van der Waals surface area contributed by atoms with E-state index in [0.717, 1.165) is 44.3 Å². The van der Waals surface area contributed by atoms with Crippen LogP contribution in [0, 0.1) is 0 Å². The molecule has 6 rings (SSSR count). The topological polar surface area (TPSA) is 37.3 Å². The van der Waals surface area contributed by atoms with Gasteiger partial charge in [0.25, 0.3) is 0 Å². The van der Waals surface area contributed by atoms with E-state index in [9.17, 15) is 0 Å². The van der Waals surface area contributed by atoms with Gasteiger partial charge in [0.2, 0.25) is 6.79 Å². The molecule has 0 fully saturated rings. The van der Waals surface area contributed by atoms with Gasteiger partial charge in [-0.15, -0.1) is 0 Å². The quantitative estimate of drug-likeness (QED) is 0.319. The highest BCUT2D eigenvalue weighted by molar-refractivity contribution is 9.10. The van der Waals surface area contributed by atoms with E-state index in [-0.39, 0.29) is 13.0 Å². The lowest BCUT2D eigenvalue weighted by molar-refractivity contribution is 0.174. The largest absolute Gasteiger partial charge is 0.454 e. The fraction of sp³-hybridized carbons (Fsp3) is 0.0741. The van der Waals surface area contributed by atoms with E-state index >= 15 is 0 Å². The molecule has 0 spiro atoms. The molecule has 0 aliphatic carbocycles. The summed E-state index contributed by atoms with van der Waals surface area (Å²) in [4.78, 5) is 2.27. The van der Waals surface area contributed by atoms with Crippen LogP contribution < -0.4 is 19.4 Å². The number of amidine groups is 1. The highest BCUT2D eigenvalue weighted by Crippen LogP contribution is 2.43. The van der Waals surface area contributed by atoms with E-state index in [1.54, 1.807) is 0 Å². The summed E-state index contributed by atoms with van der Waals surface area (Å²) in [5.41, 5.74) is 4.15. The molecule has 0 bridgehead atoms. The number of halogens is 1. The Hall–Kier alpha value is -3.77. The maximum absolute atomic E-state index is 5.70. The van der Waals surface area contributed by atoms with E-state index < -0.39 is 0 Å². The number of anilines is 2. The minimum absolute atomic E-state index is 0.210. The van der Waals surface area contributed by atoms with Gasteiger partial charge in [0, 0.05) is 21.3 Å². The summed E-state index contributed by atoms with van der Waals surface area (Å²) in [7, 11) is 0. The summed E-state index contributed by atoms with van der Waals surface area (Å²) >= 11 is 3.57. The number of benzene rings is 4. The number of fused-ring (bicyclic) bond motifs is 1. The second-order valence-corrected chi connectivity index (χ2v) is 8.72. The number of hydrogen-bond donors (Lipinski definition) is 0. The zero-order chi connectivity index (χ0) is 22.2. The van der Waals surface area contributed by atoms with Gasteiger partial charge in [0.1, 0.15) is 0 Å². The average molecular weight is 498 g/mol. The fourth-order valence-corrected chi connectivity index (χ4v) is 4.49. The summed E-state index contributed by atoms with van der Waals surface area (Å²) in [5.74, 6) is 2.40. The van der Waals surface area contributed by atoms with Crippen LogP contribution in [0.3, 0.4) is 0 Å². The first-order valence-corrected chi connectivity index (χ1v) is 11.5. The van der Waals surface area contributed by atoms with Crippen LogP contribution in [0.4, 0.5) is 11.4 Å². The molecule has 0 radical (unpaired) electrons. The van der Waals surface area contributed by atoms with E-state index in [1.807, 2.05) is 42.5 Å². The molecule has 0 amide bonds. The molecule has 4 aromatic rings. The third-order valence-corrected chi connectivity index (χ3v) is 6.29. The van der Waals surface area contributed by atoms with Gasteiger partial charge in [-0.05, 0) is 48.5 Å². The van der Waals surface area contributed by atoms with Crippen LogP contribution in [-0.4, -0.2) is 12.6 Å². The Kier molecular flexibility index (Phi) is 5.00. The van der Waals surface area contributed by atoms with Crippen molar-refractivity contribution in [2.45, 2.75) is 6.17 Å². The zero-order valence-corrected chi connectivity index (χ0v) is 19.2. The van der Waals surface area contributed by atoms with Crippen molar-refractivity contribution in [3.8, 4) is 11.5 Å². The predicted octanol–water partition coefficient (Wildman–Crippen LogP) is 6.57. The van der Waals surface area contributed by atoms with Crippen LogP contribution in [0.2, 0.25) is 0 Å². The van der Waals surface area contributed by atoms with Gasteiger partial charge >= 0.3 is 0 Å². The second kappa shape index (κ2) is 8.30. The third kappa shape index (κ3) is 3.62. The van der Waals surface area contributed by atoms with Crippen molar-refractivity contribution in [2.75, 3.05) is 16.7 Å². The molecule has 2 aliphatic heterocycles. The van der Waals surface area contributed by atoms with E-state index in [1.165, 1.54) is 0 Å². The number of para-hydroxylation sites is 1. The maximum Gasteiger partial charge on any atom is 0.231 e. The van der Waals surface area contributed by atoms with Gasteiger partial charge in [-0.25, -0.2) is 5.01 Å². The lowest BCUT2D eigenvalue weighted by Crippen LogP contribution is -2.35. The molecule has 33 heavy (non-hydrogen) atoms. The van der Waals surface area contributed by atoms with Crippen LogP contribution in [0.25, 0.3) is 0 Å². The van der Waals surface area contributed by atoms with Crippen molar-refractivity contribution in [2.24, 2.45) is 5.10 Å². The molecule has 0 unspecified atom stereocenters. The van der Waals surface area contributed by atoms with Crippen LogP contribution in [-0.2, 0) is 0 Å². The average Bonchev–Trinajstić information content (AvgIpc) is 3.50. The first-order chi connectivity index (χ1) is 16.3. The molecule has 4 aromatic carbocycles. The number of hydrogen-bond acceptors (Lipinski definition) is 5. The number of ether oxygens (including phenoxy) is 2. The molecule has 2 heterocycles. The Balaban J connectivity index is 1.56. The van der Waals surface area contributed by atoms with Gasteiger partial charge in [-0.3, -0.25) is 4.90 Å². The lowest BCUT2D eigenvalue weighted by Gasteiger charge is -2.32. The van der Waals surface area contributed by atoms with E-state index in [2.05, 4.69) is 86.5 Å². The maximum atomic E-state index is 5.70. The molecule has 0 N–H and O–H groups in total. The summed E-state index contributed by atoms with van der Waals surface area (Å²) in [6.07, 6.45) is -0.210. The lowest BCUT2D eigenvalue weighted by atomic mass is 10.1. The van der Waals surface area contributed by atoms with Crippen molar-refractivity contribution >= 4 is 33.1 Å². The van der Waals surface area contributed by atoms with Gasteiger partial charge in [-0.1, -0.05) is 70.5 Å². The SMILES string of the molecule is Brc1ccc(N2C(c3ccccc3)=NN(c3ccccc3)[C@H]2c2ccc3c(c2)OCO3)cc1. The van der Waals surface area contributed by atoms with Crippen molar-refractivity contribution < 1.29 is 9.47 Å². The minimum atomic E-state index is -0.210. The van der Waals surface area contributed by atoms with Gasteiger partial charge in [0.15, 0.2) is 23.5 Å². The molecule has 0 saturated heterocycles. The van der Waals surface area contributed by atoms with Crippen molar-refractivity contribution in [1.29, 1.82) is 0 Å². The molecular formula is C27H20BrN3O2. The van der Waals surface area contributed by atoms with Crippen LogP contribution >= 0.6 is 15.9 Å². The highest BCUT2D eigenvalue weighted by Gasteiger charge is 2.38. The summed E-state index contributed by atoms with van der Waals surface area (Å²) in [6.45, 7) is 0.244. The van der Waals surface area contributed by atoms with E-state index in [4.69, 9.17) is 14.6 Å². The molecule has 5 nitrogen and oxygen atoms in total. The summed E-state index contributed by atoms with van der Waals surface area (Å²) < 4.78 is 12.3. The molecular weight excluding hydrogens is 478 g/mol. The van der Waals surface area contributed by atoms with Crippen LogP contribution in [0.15, 0.2) is 113 Å². The van der Waals surface area contributed by atoms with Crippen molar-refractivity contribution in [1.82, 2.24) is 0 Å². The predicted molar refractivity (Wildman–Crippen MR) is 134 cm³/mol. The standard InChI is InChI=1S/C27H20BrN3O2/c28-21-12-14-22(15-13-21)30-26(19-7-3-1-4-8-19)29-31(23-9-5-2-6-10-23)27(30)20-11-16-24-25(17-20)33-18-32-24/h1-17,27H,18H2/t27-/m0/s1. The molecule has 162 valence electrons. The summed E-state index contributed by atoms with van der Waals surface area (Å²) in [5, 5.41) is 7.22. The van der Waals surface area contributed by atoms with Gasteiger partial charge in [-0.2, -0.15) is 5.10 Å². The van der Waals surface area contributed by atoms with Crippen molar-refractivity contribution in [3.05, 3.63) is 119 Å². The highest BCUT2D eigenvalue weighted by atomic mass is 79.9. The Labute approximate surface area is 200 Å². The number of hydrazone groups is 1. The molecule has 2 aliphatic rings. The van der Waals surface area contributed by atoms with Gasteiger partial charge in [0.05, 0.1) is 5.69 Å². The van der Waals surface area contributed by atoms with Gasteiger partial charge < -0.3 is 9.47 Å². The van der Waals surface area contributed by atoms with E-state index in [0.29, 0.717) is 0 Å². The molecule has 1 atom stereocenters. The van der Waals surface area contributed by atoms with Crippen LogP contribution in [0.1, 0.15) is 17.3 Å². The minimum Gasteiger partial charge on any atom is -0.454 e. The zero-order valence-electron chi connectivity index (χ0n) is 17.6. The fourth-order valence-electron chi connectivity index (χ4n) is 4.22. The van der Waals surface area contributed by atoms with Crippen LogP contribution in [0.5, 0.6) is 11.5 Å². The first-order valence-electron chi connectivity index (χ1n) is 10.7. The number of nitrogens with zero attached hydrogens (tertiary/aromatic N) is 3. The Morgan fingerprint density at radius 1 is 0.727 bits per heavy atom. The summed E-state index contributed by atoms with van der Waals surface area (Å²) in [6, 6.07) is 35.0. The first kappa shape index (κ1) is 19.9. The molecule has 0 saturated carbocycles. The third-order valence-electron chi connectivity index (χ3n) is 5.76. The Bertz CT molecular complexity index is 1310. The molecule has 0 aromatic heterocycles.